The molecule has 0 aliphatic rings. The number of benzene rings is 1. The van der Waals surface area contributed by atoms with E-state index < -0.39 is 0 Å². The van der Waals surface area contributed by atoms with Gasteiger partial charge in [0.2, 0.25) is 0 Å². The molecule has 0 fully saturated rings. The highest BCUT2D eigenvalue weighted by molar-refractivity contribution is 14.1. The van der Waals surface area contributed by atoms with E-state index in [0.717, 1.165) is 4.43 Å². The first-order valence-electron chi connectivity index (χ1n) is 4.79. The Morgan fingerprint density at radius 2 is 1.86 bits per heavy atom. The summed E-state index contributed by atoms with van der Waals surface area (Å²) in [5.74, 6) is 0. The molecule has 1 aromatic rings. The van der Waals surface area contributed by atoms with Crippen molar-refractivity contribution in [3.05, 3.63) is 35.4 Å². The van der Waals surface area contributed by atoms with Gasteiger partial charge in [0.05, 0.1) is 12.2 Å². The van der Waals surface area contributed by atoms with Crippen molar-refractivity contribution < 1.29 is 4.74 Å². The van der Waals surface area contributed by atoms with Crippen molar-refractivity contribution in [2.45, 2.75) is 37.4 Å². The van der Waals surface area contributed by atoms with E-state index >= 15 is 0 Å². The van der Waals surface area contributed by atoms with Gasteiger partial charge in [-0.1, -0.05) is 46.9 Å². The van der Waals surface area contributed by atoms with Crippen molar-refractivity contribution in [1.82, 2.24) is 0 Å². The number of halogens is 1. The highest BCUT2D eigenvalue weighted by atomic mass is 127. The van der Waals surface area contributed by atoms with E-state index in [2.05, 4.69) is 67.6 Å². The molecule has 0 unspecified atom stereocenters. The van der Waals surface area contributed by atoms with Crippen molar-refractivity contribution in [3.63, 3.8) is 0 Å². The van der Waals surface area contributed by atoms with E-state index in [0.29, 0.717) is 6.61 Å². The van der Waals surface area contributed by atoms with E-state index in [1.807, 2.05) is 0 Å². The Labute approximate surface area is 100.0 Å². The minimum atomic E-state index is -0.0552. The third-order valence-electron chi connectivity index (χ3n) is 1.82. The standard InChI is InChI=1S/C12H17IO/c1-12(2,3)14-9-11-6-4-5-10(7-11)8-13/h4-7H,8-9H2,1-3H3. The summed E-state index contributed by atoms with van der Waals surface area (Å²) >= 11 is 2.37. The Morgan fingerprint density at radius 3 is 2.43 bits per heavy atom. The minimum Gasteiger partial charge on any atom is -0.371 e. The first-order valence-corrected chi connectivity index (χ1v) is 6.31. The monoisotopic (exact) mass is 304 g/mol. The first kappa shape index (κ1) is 12.0. The second-order valence-electron chi connectivity index (χ2n) is 4.35. The van der Waals surface area contributed by atoms with Crippen molar-refractivity contribution in [1.29, 1.82) is 0 Å². The van der Waals surface area contributed by atoms with Gasteiger partial charge in [-0.15, -0.1) is 0 Å². The summed E-state index contributed by atoms with van der Waals surface area (Å²) in [6, 6.07) is 8.56. The molecule has 2 heteroatoms. The predicted molar refractivity (Wildman–Crippen MR) is 68.7 cm³/mol. The zero-order valence-corrected chi connectivity index (χ0v) is 11.2. The third-order valence-corrected chi connectivity index (χ3v) is 2.70. The predicted octanol–water partition coefficient (Wildman–Crippen LogP) is 3.94. The quantitative estimate of drug-likeness (QED) is 0.607. The molecule has 1 nitrogen and oxygen atoms in total. The summed E-state index contributed by atoms with van der Waals surface area (Å²) in [6.45, 7) is 6.94. The lowest BCUT2D eigenvalue weighted by atomic mass is 10.1. The molecule has 0 heterocycles. The fourth-order valence-corrected chi connectivity index (χ4v) is 1.58. The van der Waals surface area contributed by atoms with Crippen molar-refractivity contribution >= 4 is 22.6 Å². The van der Waals surface area contributed by atoms with Crippen LogP contribution < -0.4 is 0 Å². The molecule has 0 saturated carbocycles. The van der Waals surface area contributed by atoms with Crippen molar-refractivity contribution in [2.75, 3.05) is 0 Å². The van der Waals surface area contributed by atoms with Crippen LogP contribution in [0.1, 0.15) is 31.9 Å². The van der Waals surface area contributed by atoms with E-state index in [9.17, 15) is 0 Å². The van der Waals surface area contributed by atoms with Crippen LogP contribution in [0.2, 0.25) is 0 Å². The Balaban J connectivity index is 2.59. The molecule has 1 rings (SSSR count). The Kier molecular flexibility index (Phi) is 4.38. The fraction of sp³-hybridized carbons (Fsp3) is 0.500. The maximum absolute atomic E-state index is 5.71. The van der Waals surface area contributed by atoms with E-state index in [4.69, 9.17) is 4.74 Å². The lowest BCUT2D eigenvalue weighted by Crippen LogP contribution is -2.18. The maximum atomic E-state index is 5.71. The van der Waals surface area contributed by atoms with Crippen molar-refractivity contribution in [2.24, 2.45) is 0 Å². The van der Waals surface area contributed by atoms with Crippen LogP contribution in [0, 0.1) is 0 Å². The lowest BCUT2D eigenvalue weighted by molar-refractivity contribution is -0.0149. The van der Waals surface area contributed by atoms with Gasteiger partial charge in [-0.25, -0.2) is 0 Å². The molecule has 0 aliphatic heterocycles. The van der Waals surface area contributed by atoms with Crippen LogP contribution in [0.25, 0.3) is 0 Å². The molecule has 0 radical (unpaired) electrons. The zero-order chi connectivity index (χ0) is 10.6. The summed E-state index contributed by atoms with van der Waals surface area (Å²) in [6.07, 6.45) is 0. The van der Waals surface area contributed by atoms with Gasteiger partial charge in [-0.3, -0.25) is 0 Å². The highest BCUT2D eigenvalue weighted by Gasteiger charge is 2.09. The molecule has 78 valence electrons. The van der Waals surface area contributed by atoms with Gasteiger partial charge in [0.1, 0.15) is 0 Å². The summed E-state index contributed by atoms with van der Waals surface area (Å²) in [4.78, 5) is 0. The SMILES string of the molecule is CC(C)(C)OCc1cccc(CI)c1. The molecule has 0 amide bonds. The molecule has 0 N–H and O–H groups in total. The molecule has 0 aliphatic carbocycles. The molecule has 0 atom stereocenters. The maximum Gasteiger partial charge on any atom is 0.0724 e. The summed E-state index contributed by atoms with van der Waals surface area (Å²) in [7, 11) is 0. The third kappa shape index (κ3) is 4.42. The van der Waals surface area contributed by atoms with Crippen LogP contribution in [-0.2, 0) is 15.8 Å². The van der Waals surface area contributed by atoms with Crippen LogP contribution in [0.3, 0.4) is 0 Å². The lowest BCUT2D eigenvalue weighted by Gasteiger charge is -2.19. The van der Waals surface area contributed by atoms with Crippen LogP contribution in [0.4, 0.5) is 0 Å². The smallest absolute Gasteiger partial charge is 0.0724 e. The molecular weight excluding hydrogens is 287 g/mol. The minimum absolute atomic E-state index is 0.0552. The van der Waals surface area contributed by atoms with E-state index in [-0.39, 0.29) is 5.60 Å². The Bertz CT molecular complexity index is 289. The Morgan fingerprint density at radius 1 is 1.21 bits per heavy atom. The van der Waals surface area contributed by atoms with Crippen LogP contribution >= 0.6 is 22.6 Å². The molecule has 14 heavy (non-hydrogen) atoms. The van der Waals surface area contributed by atoms with Crippen LogP contribution in [0.15, 0.2) is 24.3 Å². The summed E-state index contributed by atoms with van der Waals surface area (Å²) < 4.78 is 6.77. The molecule has 1 aromatic carbocycles. The van der Waals surface area contributed by atoms with Gasteiger partial charge in [0.15, 0.2) is 0 Å². The number of rotatable bonds is 3. The largest absolute Gasteiger partial charge is 0.371 e. The Hall–Kier alpha value is -0.0900. The second kappa shape index (κ2) is 5.12. The van der Waals surface area contributed by atoms with Crippen LogP contribution in [0.5, 0.6) is 0 Å². The first-order chi connectivity index (χ1) is 6.51. The molecule has 0 aromatic heterocycles. The topological polar surface area (TPSA) is 9.23 Å². The van der Waals surface area contributed by atoms with Gasteiger partial charge in [0, 0.05) is 4.43 Å². The van der Waals surface area contributed by atoms with Gasteiger partial charge in [0.25, 0.3) is 0 Å². The number of ether oxygens (including phenoxy) is 1. The second-order valence-corrected chi connectivity index (χ2v) is 5.12. The number of hydrogen-bond donors (Lipinski definition) is 0. The van der Waals surface area contributed by atoms with Crippen LogP contribution in [-0.4, -0.2) is 5.60 Å². The van der Waals surface area contributed by atoms with Crippen molar-refractivity contribution in [3.8, 4) is 0 Å². The van der Waals surface area contributed by atoms with Gasteiger partial charge in [-0.2, -0.15) is 0 Å². The summed E-state index contributed by atoms with van der Waals surface area (Å²) in [5, 5.41) is 0. The van der Waals surface area contributed by atoms with Gasteiger partial charge >= 0.3 is 0 Å². The molecule has 0 saturated heterocycles. The number of alkyl halides is 1. The summed E-state index contributed by atoms with van der Waals surface area (Å²) in [5.41, 5.74) is 2.56. The average Bonchev–Trinajstić information content (AvgIpc) is 2.14. The van der Waals surface area contributed by atoms with E-state index in [1.165, 1.54) is 11.1 Å². The molecule has 0 spiro atoms. The average molecular weight is 304 g/mol. The fourth-order valence-electron chi connectivity index (χ4n) is 1.10. The van der Waals surface area contributed by atoms with Gasteiger partial charge < -0.3 is 4.74 Å². The normalized spacial score (nSPS) is 11.7. The molecular formula is C12H17IO. The molecule has 0 bridgehead atoms. The zero-order valence-electron chi connectivity index (χ0n) is 9.01. The number of hydrogen-bond acceptors (Lipinski definition) is 1. The van der Waals surface area contributed by atoms with Gasteiger partial charge in [-0.05, 0) is 31.9 Å². The van der Waals surface area contributed by atoms with E-state index in [1.54, 1.807) is 0 Å². The highest BCUT2D eigenvalue weighted by Crippen LogP contribution is 2.14.